The van der Waals surface area contributed by atoms with Crippen LogP contribution in [0, 0.1) is 6.92 Å². The van der Waals surface area contributed by atoms with Gasteiger partial charge in [-0.05, 0) is 24.6 Å². The average Bonchev–Trinajstić information content (AvgIpc) is 3.31. The van der Waals surface area contributed by atoms with E-state index in [9.17, 15) is 14.7 Å². The van der Waals surface area contributed by atoms with Crippen molar-refractivity contribution in [1.29, 1.82) is 0 Å². The van der Waals surface area contributed by atoms with E-state index in [4.69, 9.17) is 4.74 Å². The second kappa shape index (κ2) is 8.80. The molecule has 2 aromatic heterocycles. The highest BCUT2D eigenvalue weighted by atomic mass is 16.5. The number of aliphatic hydroxyl groups is 1. The maximum atomic E-state index is 13.3. The van der Waals surface area contributed by atoms with Crippen molar-refractivity contribution >= 4 is 23.1 Å². The summed E-state index contributed by atoms with van der Waals surface area (Å²) in [6, 6.07) is 14.3. The Balaban J connectivity index is 1.59. The lowest BCUT2D eigenvalue weighted by Crippen LogP contribution is -2.42. The Morgan fingerprint density at radius 1 is 1.06 bits per heavy atom. The van der Waals surface area contributed by atoms with Crippen LogP contribution in [0.4, 0.5) is 0 Å². The van der Waals surface area contributed by atoms with E-state index in [2.05, 4.69) is 9.88 Å². The number of ether oxygens (including phenoxy) is 1. The number of Topliss-reactive ketones (excluding diaryl/α,β-unsaturated/α-hetero) is 1. The number of benzene rings is 1. The molecule has 0 aliphatic carbocycles. The molecule has 3 aromatic rings. The van der Waals surface area contributed by atoms with Crippen molar-refractivity contribution in [3.05, 3.63) is 77.3 Å². The lowest BCUT2D eigenvalue weighted by atomic mass is 9.96. The Hall–Kier alpha value is -3.49. The number of pyridine rings is 1. The van der Waals surface area contributed by atoms with Gasteiger partial charge in [-0.15, -0.1) is 0 Å². The number of rotatable bonds is 5. The zero-order chi connectivity index (χ0) is 22.9. The lowest BCUT2D eigenvalue weighted by molar-refractivity contribution is -0.140. The molecular formula is C25H26N4O4. The molecule has 0 radical (unpaired) electrons. The Kier molecular flexibility index (Phi) is 5.70. The Morgan fingerprint density at radius 2 is 1.79 bits per heavy atom. The van der Waals surface area contributed by atoms with Gasteiger partial charge in [-0.25, -0.2) is 4.98 Å². The van der Waals surface area contributed by atoms with Crippen molar-refractivity contribution < 1.29 is 19.4 Å². The molecule has 0 unspecified atom stereocenters. The minimum absolute atomic E-state index is 0.0990. The van der Waals surface area contributed by atoms with Crippen LogP contribution in [0.15, 0.2) is 60.3 Å². The van der Waals surface area contributed by atoms with Crippen LogP contribution >= 0.6 is 0 Å². The first kappa shape index (κ1) is 21.4. The molecule has 0 spiro atoms. The Bertz CT molecular complexity index is 1230. The molecule has 2 aliphatic heterocycles. The Labute approximate surface area is 191 Å². The second-order valence-electron chi connectivity index (χ2n) is 8.33. The van der Waals surface area contributed by atoms with Gasteiger partial charge < -0.3 is 14.7 Å². The number of fused-ring (bicyclic) bond motifs is 1. The van der Waals surface area contributed by atoms with E-state index in [1.807, 2.05) is 48.5 Å². The standard InChI is InChI=1S/C25H26N4O4/c1-17-21(28-10-6-5-9-19(28)26-17)23(30)20-22(18-7-3-2-4-8-18)29(25(32)24(20)31)12-11-27-13-15-33-16-14-27/h2-10,22,30H,11-16H2,1H3/t22-/m1/s1. The van der Waals surface area contributed by atoms with Crippen LogP contribution in [0.2, 0.25) is 0 Å². The zero-order valence-corrected chi connectivity index (χ0v) is 18.5. The fourth-order valence-electron chi connectivity index (χ4n) is 4.69. The summed E-state index contributed by atoms with van der Waals surface area (Å²) in [7, 11) is 0. The molecule has 1 N–H and O–H groups in total. The van der Waals surface area contributed by atoms with E-state index < -0.39 is 17.7 Å². The largest absolute Gasteiger partial charge is 0.505 e. The van der Waals surface area contributed by atoms with E-state index in [-0.39, 0.29) is 11.3 Å². The SMILES string of the molecule is Cc1nc2ccccn2c1C(O)=C1C(=O)C(=O)N(CCN2CCOCC2)[C@@H]1c1ccccc1. The quantitative estimate of drug-likeness (QED) is 0.368. The van der Waals surface area contributed by atoms with Crippen LogP contribution in [0.1, 0.15) is 23.0 Å². The Morgan fingerprint density at radius 3 is 2.55 bits per heavy atom. The van der Waals surface area contributed by atoms with Crippen LogP contribution in [0.25, 0.3) is 11.4 Å². The second-order valence-corrected chi connectivity index (χ2v) is 8.33. The van der Waals surface area contributed by atoms with Crippen LogP contribution in [0.3, 0.4) is 0 Å². The van der Waals surface area contributed by atoms with Crippen molar-refractivity contribution in [2.45, 2.75) is 13.0 Å². The first-order valence-electron chi connectivity index (χ1n) is 11.1. The molecule has 170 valence electrons. The van der Waals surface area contributed by atoms with Gasteiger partial charge >= 0.3 is 0 Å². The third kappa shape index (κ3) is 3.81. The smallest absolute Gasteiger partial charge is 0.295 e. The number of imidazole rings is 1. The average molecular weight is 447 g/mol. The van der Waals surface area contributed by atoms with Gasteiger partial charge in [0.15, 0.2) is 5.76 Å². The number of carbonyl (C=O) groups is 2. The minimum atomic E-state index is -0.673. The molecule has 5 rings (SSSR count). The molecule has 2 aliphatic rings. The van der Waals surface area contributed by atoms with Crippen molar-refractivity contribution in [3.63, 3.8) is 0 Å². The summed E-state index contributed by atoms with van der Waals surface area (Å²) < 4.78 is 7.16. The van der Waals surface area contributed by atoms with Crippen molar-refractivity contribution in [1.82, 2.24) is 19.2 Å². The molecule has 1 aromatic carbocycles. The van der Waals surface area contributed by atoms with E-state index in [1.54, 1.807) is 22.4 Å². The number of aryl methyl sites for hydroxylation is 1. The van der Waals surface area contributed by atoms with Gasteiger partial charge in [-0.3, -0.25) is 18.9 Å². The van der Waals surface area contributed by atoms with Gasteiger partial charge in [0.2, 0.25) is 0 Å². The normalized spacial score (nSPS) is 21.2. The predicted molar refractivity (Wildman–Crippen MR) is 123 cm³/mol. The fourth-order valence-corrected chi connectivity index (χ4v) is 4.69. The molecule has 8 heteroatoms. The number of likely N-dealkylation sites (tertiary alicyclic amines) is 1. The molecule has 0 bridgehead atoms. The molecule has 1 atom stereocenters. The molecule has 4 heterocycles. The molecule has 8 nitrogen and oxygen atoms in total. The molecule has 33 heavy (non-hydrogen) atoms. The van der Waals surface area contributed by atoms with E-state index in [0.29, 0.717) is 43.3 Å². The summed E-state index contributed by atoms with van der Waals surface area (Å²) in [5, 5.41) is 11.4. The van der Waals surface area contributed by atoms with Gasteiger partial charge in [0.05, 0.1) is 30.5 Å². The number of aliphatic hydroxyl groups excluding tert-OH is 1. The maximum absolute atomic E-state index is 13.3. The molecular weight excluding hydrogens is 420 g/mol. The number of aromatic nitrogens is 2. The van der Waals surface area contributed by atoms with Gasteiger partial charge in [0.25, 0.3) is 11.7 Å². The number of hydrogen-bond donors (Lipinski definition) is 1. The topological polar surface area (TPSA) is 87.4 Å². The minimum Gasteiger partial charge on any atom is -0.505 e. The van der Waals surface area contributed by atoms with Crippen LogP contribution in [0.5, 0.6) is 0 Å². The summed E-state index contributed by atoms with van der Waals surface area (Å²) in [4.78, 5) is 34.7. The van der Waals surface area contributed by atoms with E-state index in [0.717, 1.165) is 18.7 Å². The van der Waals surface area contributed by atoms with Crippen molar-refractivity contribution in [2.24, 2.45) is 0 Å². The lowest BCUT2D eigenvalue weighted by Gasteiger charge is -2.31. The molecule has 2 saturated heterocycles. The van der Waals surface area contributed by atoms with Gasteiger partial charge in [0.1, 0.15) is 11.3 Å². The van der Waals surface area contributed by atoms with Crippen LogP contribution < -0.4 is 0 Å². The summed E-state index contributed by atoms with van der Waals surface area (Å²) in [6.45, 7) is 5.71. The third-order valence-electron chi connectivity index (χ3n) is 6.34. The van der Waals surface area contributed by atoms with Crippen LogP contribution in [-0.4, -0.2) is 75.4 Å². The van der Waals surface area contributed by atoms with Gasteiger partial charge in [-0.1, -0.05) is 36.4 Å². The molecule has 1 amide bonds. The molecule has 0 saturated carbocycles. The van der Waals surface area contributed by atoms with Crippen LogP contribution in [-0.2, 0) is 14.3 Å². The highest BCUT2D eigenvalue weighted by Crippen LogP contribution is 2.39. The summed E-state index contributed by atoms with van der Waals surface area (Å²) in [5.74, 6) is -1.47. The van der Waals surface area contributed by atoms with Gasteiger partial charge in [-0.2, -0.15) is 0 Å². The number of morpholine rings is 1. The van der Waals surface area contributed by atoms with E-state index >= 15 is 0 Å². The van der Waals surface area contributed by atoms with Gasteiger partial charge in [0, 0.05) is 32.4 Å². The molecule has 2 fully saturated rings. The first-order chi connectivity index (χ1) is 16.1. The summed E-state index contributed by atoms with van der Waals surface area (Å²) in [5.41, 5.74) is 2.56. The number of ketones is 1. The van der Waals surface area contributed by atoms with Crippen molar-refractivity contribution in [3.8, 4) is 0 Å². The highest BCUT2D eigenvalue weighted by Gasteiger charge is 2.46. The number of nitrogens with zero attached hydrogens (tertiary/aromatic N) is 4. The fraction of sp³-hybridized carbons (Fsp3) is 0.320. The highest BCUT2D eigenvalue weighted by molar-refractivity contribution is 6.46. The predicted octanol–water partition coefficient (Wildman–Crippen LogP) is 2.40. The number of hydrogen-bond acceptors (Lipinski definition) is 6. The zero-order valence-electron chi connectivity index (χ0n) is 18.5. The maximum Gasteiger partial charge on any atom is 0.295 e. The third-order valence-corrected chi connectivity index (χ3v) is 6.34. The van der Waals surface area contributed by atoms with E-state index in [1.165, 1.54) is 0 Å². The monoisotopic (exact) mass is 446 g/mol. The van der Waals surface area contributed by atoms with Crippen molar-refractivity contribution in [2.75, 3.05) is 39.4 Å². The number of amides is 1. The number of carbonyl (C=O) groups excluding carboxylic acids is 2. The summed E-state index contributed by atoms with van der Waals surface area (Å²) in [6.07, 6.45) is 1.79. The first-order valence-corrected chi connectivity index (χ1v) is 11.1. The summed E-state index contributed by atoms with van der Waals surface area (Å²) >= 11 is 0.